The molecule has 0 radical (unpaired) electrons. The highest BCUT2D eigenvalue weighted by molar-refractivity contribution is 5.88. The molecule has 1 aromatic carbocycles. The number of piperidine rings is 1. The van der Waals surface area contributed by atoms with Crippen molar-refractivity contribution in [3.63, 3.8) is 0 Å². The van der Waals surface area contributed by atoms with E-state index in [1.54, 1.807) is 0 Å². The van der Waals surface area contributed by atoms with Gasteiger partial charge in [0.1, 0.15) is 0 Å². The maximum Gasteiger partial charge on any atom is 0.337 e. The molecule has 0 bridgehead atoms. The number of aliphatic hydroxyl groups excluding tert-OH is 1. The summed E-state index contributed by atoms with van der Waals surface area (Å²) in [6.07, 6.45) is 2.96. The summed E-state index contributed by atoms with van der Waals surface area (Å²) in [5.41, 5.74) is 7.32. The first-order valence-corrected chi connectivity index (χ1v) is 13.2. The van der Waals surface area contributed by atoms with Crippen molar-refractivity contribution in [1.29, 1.82) is 0 Å². The topological polar surface area (TPSA) is 82.9 Å². The second-order valence-corrected chi connectivity index (χ2v) is 12.4. The molecule has 0 spiro atoms. The highest BCUT2D eigenvalue weighted by Gasteiger charge is 2.36. The fourth-order valence-electron chi connectivity index (χ4n) is 5.65. The standard InChI is InChI=1S/C30H42N2O4/c1-18-24(22-9-8-21-17-23(33)11-10-20(21)16-22)26(32-14-12-30(6,7)13-15-32)25(19(2)31-18)27(28(34)35)36-29(3,4)5/h8-9,16,23,27,33H,10-15,17H2,1-7H3,(H,34,35). The van der Waals surface area contributed by atoms with Gasteiger partial charge in [-0.1, -0.05) is 32.0 Å². The van der Waals surface area contributed by atoms with E-state index in [2.05, 4.69) is 36.9 Å². The fourth-order valence-corrected chi connectivity index (χ4v) is 5.65. The monoisotopic (exact) mass is 494 g/mol. The van der Waals surface area contributed by atoms with E-state index in [9.17, 15) is 15.0 Å². The number of carboxylic acid groups (broad SMARTS) is 1. The second kappa shape index (κ2) is 9.79. The van der Waals surface area contributed by atoms with Crippen LogP contribution in [0, 0.1) is 19.3 Å². The smallest absolute Gasteiger partial charge is 0.337 e. The summed E-state index contributed by atoms with van der Waals surface area (Å²) in [7, 11) is 0. The molecule has 2 atom stereocenters. The van der Waals surface area contributed by atoms with Gasteiger partial charge < -0.3 is 19.8 Å². The molecule has 2 aliphatic rings. The van der Waals surface area contributed by atoms with E-state index in [1.807, 2.05) is 34.6 Å². The van der Waals surface area contributed by atoms with E-state index < -0.39 is 17.7 Å². The number of hydrogen-bond acceptors (Lipinski definition) is 5. The van der Waals surface area contributed by atoms with E-state index >= 15 is 0 Å². The van der Waals surface area contributed by atoms with Crippen LogP contribution in [0.1, 0.15) is 88.1 Å². The molecular weight excluding hydrogens is 452 g/mol. The highest BCUT2D eigenvalue weighted by atomic mass is 16.5. The molecule has 2 N–H and O–H groups in total. The van der Waals surface area contributed by atoms with E-state index in [4.69, 9.17) is 9.72 Å². The van der Waals surface area contributed by atoms with Crippen molar-refractivity contribution >= 4 is 11.7 Å². The van der Waals surface area contributed by atoms with Crippen LogP contribution in [0.15, 0.2) is 18.2 Å². The first-order chi connectivity index (χ1) is 16.8. The average Bonchev–Trinajstić information content (AvgIpc) is 2.76. The van der Waals surface area contributed by atoms with E-state index in [-0.39, 0.29) is 11.5 Å². The Balaban J connectivity index is 1.94. The van der Waals surface area contributed by atoms with Gasteiger partial charge in [0.2, 0.25) is 0 Å². The van der Waals surface area contributed by atoms with Crippen LogP contribution < -0.4 is 4.90 Å². The van der Waals surface area contributed by atoms with Gasteiger partial charge in [-0.15, -0.1) is 0 Å². The van der Waals surface area contributed by atoms with Gasteiger partial charge in [-0.3, -0.25) is 4.98 Å². The van der Waals surface area contributed by atoms with Gasteiger partial charge in [0.25, 0.3) is 0 Å². The van der Waals surface area contributed by atoms with Gasteiger partial charge >= 0.3 is 5.97 Å². The maximum absolute atomic E-state index is 12.6. The minimum atomic E-state index is -1.12. The normalized spacial score (nSPS) is 20.7. The number of fused-ring (bicyclic) bond motifs is 1. The van der Waals surface area contributed by atoms with Crippen LogP contribution in [-0.4, -0.2) is 46.0 Å². The molecule has 2 aromatic rings. The van der Waals surface area contributed by atoms with Crippen molar-refractivity contribution in [3.05, 3.63) is 46.3 Å². The van der Waals surface area contributed by atoms with Crippen LogP contribution >= 0.6 is 0 Å². The Morgan fingerprint density at radius 1 is 1.14 bits per heavy atom. The number of aliphatic carboxylic acids is 1. The summed E-state index contributed by atoms with van der Waals surface area (Å²) in [5, 5.41) is 20.5. The van der Waals surface area contributed by atoms with Crippen LogP contribution in [0.4, 0.5) is 5.69 Å². The number of anilines is 1. The van der Waals surface area contributed by atoms with Crippen molar-refractivity contribution in [3.8, 4) is 11.1 Å². The molecule has 2 unspecified atom stereocenters. The number of nitrogens with zero attached hydrogens (tertiary/aromatic N) is 2. The van der Waals surface area contributed by atoms with Crippen LogP contribution in [0.25, 0.3) is 11.1 Å². The minimum absolute atomic E-state index is 0.259. The summed E-state index contributed by atoms with van der Waals surface area (Å²) in [6.45, 7) is 15.9. The first kappa shape index (κ1) is 26.6. The number of carboxylic acids is 1. The third-order valence-corrected chi connectivity index (χ3v) is 7.67. The largest absolute Gasteiger partial charge is 0.479 e. The lowest BCUT2D eigenvalue weighted by Gasteiger charge is -2.41. The molecule has 2 heterocycles. The molecule has 0 saturated carbocycles. The second-order valence-electron chi connectivity index (χ2n) is 12.4. The molecule has 1 saturated heterocycles. The number of rotatable bonds is 5. The average molecular weight is 495 g/mol. The van der Waals surface area contributed by atoms with Crippen molar-refractivity contribution < 1.29 is 19.7 Å². The molecule has 1 aromatic heterocycles. The van der Waals surface area contributed by atoms with Gasteiger partial charge in [0, 0.05) is 35.6 Å². The number of benzene rings is 1. The lowest BCUT2D eigenvalue weighted by molar-refractivity contribution is -0.160. The van der Waals surface area contributed by atoms with Crippen molar-refractivity contribution in [2.75, 3.05) is 18.0 Å². The van der Waals surface area contributed by atoms with E-state index in [0.29, 0.717) is 17.7 Å². The van der Waals surface area contributed by atoms with Gasteiger partial charge in [-0.25, -0.2) is 4.79 Å². The van der Waals surface area contributed by atoms with Crippen LogP contribution in [0.5, 0.6) is 0 Å². The van der Waals surface area contributed by atoms with Gasteiger partial charge in [-0.05, 0) is 88.8 Å². The Morgan fingerprint density at radius 2 is 1.81 bits per heavy atom. The Morgan fingerprint density at radius 3 is 2.42 bits per heavy atom. The lowest BCUT2D eigenvalue weighted by Crippen LogP contribution is -2.39. The SMILES string of the molecule is Cc1nc(C)c(C(OC(C)(C)C)C(=O)O)c(N2CCC(C)(C)CC2)c1-c1ccc2c(c1)CCC(O)C2. The number of aliphatic hydroxyl groups is 1. The van der Waals surface area contributed by atoms with Crippen molar-refractivity contribution in [1.82, 2.24) is 4.98 Å². The summed E-state index contributed by atoms with van der Waals surface area (Å²) in [6, 6.07) is 6.45. The minimum Gasteiger partial charge on any atom is -0.479 e. The number of hydrogen-bond donors (Lipinski definition) is 2. The summed E-state index contributed by atoms with van der Waals surface area (Å²) in [4.78, 5) is 19.9. The molecule has 6 nitrogen and oxygen atoms in total. The maximum atomic E-state index is 12.6. The van der Waals surface area contributed by atoms with E-state index in [1.165, 1.54) is 11.1 Å². The molecular formula is C30H42N2O4. The molecule has 6 heteroatoms. The predicted octanol–water partition coefficient (Wildman–Crippen LogP) is 5.78. The molecule has 1 aliphatic carbocycles. The zero-order chi connectivity index (χ0) is 26.4. The molecule has 196 valence electrons. The van der Waals surface area contributed by atoms with E-state index in [0.717, 1.165) is 61.3 Å². The predicted molar refractivity (Wildman–Crippen MR) is 144 cm³/mol. The molecule has 4 rings (SSSR count). The lowest BCUT2D eigenvalue weighted by atomic mass is 9.81. The quantitative estimate of drug-likeness (QED) is 0.548. The highest BCUT2D eigenvalue weighted by Crippen LogP contribution is 2.45. The fraction of sp³-hybridized carbons (Fsp3) is 0.600. The first-order valence-electron chi connectivity index (χ1n) is 13.2. The van der Waals surface area contributed by atoms with Crippen molar-refractivity contribution in [2.24, 2.45) is 5.41 Å². The van der Waals surface area contributed by atoms with Gasteiger partial charge in [0.05, 0.1) is 17.4 Å². The number of aryl methyl sites for hydroxylation is 3. The third-order valence-electron chi connectivity index (χ3n) is 7.67. The van der Waals surface area contributed by atoms with Crippen molar-refractivity contribution in [2.45, 2.75) is 98.4 Å². The Labute approximate surface area is 215 Å². The molecule has 36 heavy (non-hydrogen) atoms. The van der Waals surface area contributed by atoms with Crippen LogP contribution in [-0.2, 0) is 22.4 Å². The molecule has 1 fully saturated rings. The Kier molecular flexibility index (Phi) is 7.24. The van der Waals surface area contributed by atoms with Crippen LogP contribution in [0.3, 0.4) is 0 Å². The van der Waals surface area contributed by atoms with Gasteiger partial charge in [0.15, 0.2) is 6.10 Å². The zero-order valence-corrected chi connectivity index (χ0v) is 22.9. The molecule has 0 amide bonds. The Hall–Kier alpha value is -2.44. The molecule has 1 aliphatic heterocycles. The summed E-state index contributed by atoms with van der Waals surface area (Å²) >= 11 is 0. The summed E-state index contributed by atoms with van der Waals surface area (Å²) in [5.74, 6) is -0.998. The van der Waals surface area contributed by atoms with Crippen LogP contribution in [0.2, 0.25) is 0 Å². The number of ether oxygens (including phenoxy) is 1. The third kappa shape index (κ3) is 5.60. The summed E-state index contributed by atoms with van der Waals surface area (Å²) < 4.78 is 6.18. The zero-order valence-electron chi connectivity index (χ0n) is 22.9. The van der Waals surface area contributed by atoms with Gasteiger partial charge in [-0.2, -0.15) is 0 Å². The number of carbonyl (C=O) groups is 1. The number of aromatic nitrogens is 1. The Bertz CT molecular complexity index is 1140. The number of pyridine rings is 1.